The molecule has 0 bridgehead atoms. The molecule has 0 aromatic heterocycles. The fourth-order valence-electron chi connectivity index (χ4n) is 3.44. The first-order valence-corrected chi connectivity index (χ1v) is 6.30. The molecule has 1 aliphatic carbocycles. The van der Waals surface area contributed by atoms with E-state index < -0.39 is 34.5 Å². The Morgan fingerprint density at radius 1 is 1.25 bits per heavy atom. The van der Waals surface area contributed by atoms with Crippen molar-refractivity contribution in [3.63, 3.8) is 0 Å². The number of hydrogen-bond acceptors (Lipinski definition) is 5. The van der Waals surface area contributed by atoms with Crippen LogP contribution in [0.25, 0.3) is 0 Å². The van der Waals surface area contributed by atoms with Crippen molar-refractivity contribution in [3.05, 3.63) is 11.8 Å². The summed E-state index contributed by atoms with van der Waals surface area (Å²) in [6.45, 7) is 3.75. The van der Waals surface area contributed by atoms with Crippen LogP contribution >= 0.6 is 0 Å². The quantitative estimate of drug-likeness (QED) is 0.643. The Morgan fingerprint density at radius 3 is 2.15 bits per heavy atom. The number of hydrogen-bond donors (Lipinski definition) is 2. The minimum absolute atomic E-state index is 0.0178. The first-order valence-electron chi connectivity index (χ1n) is 6.30. The van der Waals surface area contributed by atoms with Gasteiger partial charge in [-0.3, -0.25) is 14.9 Å². The van der Waals surface area contributed by atoms with Crippen LogP contribution < -0.4 is 5.32 Å². The lowest BCUT2D eigenvalue weighted by molar-refractivity contribution is -0.144. The smallest absolute Gasteiger partial charge is 0.244 e. The summed E-state index contributed by atoms with van der Waals surface area (Å²) in [5.41, 5.74) is -1.66. The van der Waals surface area contributed by atoms with E-state index in [2.05, 4.69) is 5.32 Å². The molecule has 0 aromatic rings. The molecule has 1 spiro atoms. The van der Waals surface area contributed by atoms with Crippen molar-refractivity contribution in [2.75, 3.05) is 0 Å². The van der Waals surface area contributed by atoms with Crippen LogP contribution in [0.4, 0.5) is 0 Å². The van der Waals surface area contributed by atoms with E-state index in [4.69, 9.17) is 0 Å². The van der Waals surface area contributed by atoms with Gasteiger partial charge in [-0.2, -0.15) is 10.5 Å². The average Bonchev–Trinajstić information content (AvgIpc) is 2.25. The van der Waals surface area contributed by atoms with Gasteiger partial charge in [-0.1, -0.05) is 13.8 Å². The largest absolute Gasteiger partial charge is 0.513 e. The second kappa shape index (κ2) is 4.35. The molecule has 2 amide bonds. The van der Waals surface area contributed by atoms with Gasteiger partial charge >= 0.3 is 0 Å². The Kier molecular flexibility index (Phi) is 3.06. The maximum atomic E-state index is 11.9. The number of allylic oxidation sites excluding steroid dienone is 2. The zero-order valence-corrected chi connectivity index (χ0v) is 11.3. The molecule has 0 aromatic carbocycles. The van der Waals surface area contributed by atoms with Gasteiger partial charge in [-0.15, -0.1) is 0 Å². The van der Waals surface area contributed by atoms with E-state index in [1.165, 1.54) is 6.08 Å². The summed E-state index contributed by atoms with van der Waals surface area (Å²) in [7, 11) is 0. The highest BCUT2D eigenvalue weighted by Crippen LogP contribution is 2.53. The van der Waals surface area contributed by atoms with Crippen molar-refractivity contribution in [3.8, 4) is 12.1 Å². The lowest BCUT2D eigenvalue weighted by Crippen LogP contribution is -2.58. The fourth-order valence-corrected chi connectivity index (χ4v) is 3.44. The number of nitriles is 2. The number of nitrogens with zero attached hydrogens (tertiary/aromatic N) is 2. The zero-order valence-electron chi connectivity index (χ0n) is 11.3. The van der Waals surface area contributed by atoms with Crippen LogP contribution in [0.5, 0.6) is 0 Å². The minimum Gasteiger partial charge on any atom is -0.513 e. The standard InChI is InChI=1S/C14H15N3O3/c1-13(2)3-8(18)4-14(7-13)9(5-15)11(19)17-12(20)10(14)6-16/h4,9-10,18H,3,7H2,1-2H3,(H,17,19,20). The molecule has 2 aliphatic rings. The predicted octanol–water partition coefficient (Wildman–Crippen LogP) is 1.17. The highest BCUT2D eigenvalue weighted by atomic mass is 16.3. The van der Waals surface area contributed by atoms with E-state index in [1.54, 1.807) is 0 Å². The molecule has 1 aliphatic heterocycles. The van der Waals surface area contributed by atoms with Crippen LogP contribution in [0.2, 0.25) is 0 Å². The monoisotopic (exact) mass is 273 g/mol. The summed E-state index contributed by atoms with van der Waals surface area (Å²) >= 11 is 0. The molecule has 20 heavy (non-hydrogen) atoms. The molecule has 0 radical (unpaired) electrons. The molecular weight excluding hydrogens is 258 g/mol. The van der Waals surface area contributed by atoms with E-state index >= 15 is 0 Å². The van der Waals surface area contributed by atoms with E-state index in [0.29, 0.717) is 12.8 Å². The van der Waals surface area contributed by atoms with Gasteiger partial charge in [-0.25, -0.2) is 0 Å². The SMILES string of the molecule is CC1(C)CC(O)=CC2(C1)C(C#N)C(=O)NC(=O)C2C#N. The summed E-state index contributed by atoms with van der Waals surface area (Å²) in [6, 6.07) is 3.77. The van der Waals surface area contributed by atoms with Crippen molar-refractivity contribution < 1.29 is 14.7 Å². The van der Waals surface area contributed by atoms with Crippen molar-refractivity contribution in [2.24, 2.45) is 22.7 Å². The Hall–Kier alpha value is -2.34. The highest BCUT2D eigenvalue weighted by Gasteiger charge is 2.58. The number of rotatable bonds is 0. The van der Waals surface area contributed by atoms with Gasteiger partial charge < -0.3 is 5.11 Å². The third-order valence-electron chi connectivity index (χ3n) is 3.98. The van der Waals surface area contributed by atoms with Crippen LogP contribution in [0.15, 0.2) is 11.8 Å². The van der Waals surface area contributed by atoms with Gasteiger partial charge in [0, 0.05) is 11.8 Å². The maximum Gasteiger partial charge on any atom is 0.244 e. The van der Waals surface area contributed by atoms with Crippen LogP contribution in [-0.4, -0.2) is 16.9 Å². The molecular formula is C14H15N3O3. The third kappa shape index (κ3) is 1.94. The van der Waals surface area contributed by atoms with Gasteiger partial charge in [0.05, 0.1) is 17.9 Å². The van der Waals surface area contributed by atoms with Crippen molar-refractivity contribution in [1.82, 2.24) is 5.32 Å². The lowest BCUT2D eigenvalue weighted by atomic mass is 9.55. The zero-order chi connectivity index (χ0) is 15.1. The minimum atomic E-state index is -1.26. The maximum absolute atomic E-state index is 11.9. The number of aliphatic hydroxyl groups excluding tert-OH is 1. The summed E-state index contributed by atoms with van der Waals surface area (Å²) in [6.07, 6.45) is 2.08. The molecule has 1 saturated heterocycles. The summed E-state index contributed by atoms with van der Waals surface area (Å²) in [4.78, 5) is 23.8. The first-order chi connectivity index (χ1) is 9.25. The second-order valence-electron chi connectivity index (χ2n) is 6.24. The highest BCUT2D eigenvalue weighted by molar-refractivity contribution is 6.03. The number of piperidine rings is 1. The van der Waals surface area contributed by atoms with E-state index in [1.807, 2.05) is 26.0 Å². The van der Waals surface area contributed by atoms with Gasteiger partial charge in [-0.05, 0) is 17.9 Å². The number of aliphatic hydroxyl groups is 1. The molecule has 2 atom stereocenters. The topological polar surface area (TPSA) is 114 Å². The summed E-state index contributed by atoms with van der Waals surface area (Å²) in [5, 5.41) is 30.6. The van der Waals surface area contributed by atoms with Gasteiger partial charge in [0.25, 0.3) is 0 Å². The molecule has 1 fully saturated rings. The summed E-state index contributed by atoms with van der Waals surface area (Å²) in [5.74, 6) is -3.71. The van der Waals surface area contributed by atoms with Gasteiger partial charge in [0.15, 0.2) is 0 Å². The number of imide groups is 1. The summed E-state index contributed by atoms with van der Waals surface area (Å²) < 4.78 is 0. The van der Waals surface area contributed by atoms with Gasteiger partial charge in [0.1, 0.15) is 11.8 Å². The predicted molar refractivity (Wildman–Crippen MR) is 67.5 cm³/mol. The third-order valence-corrected chi connectivity index (χ3v) is 3.98. The van der Waals surface area contributed by atoms with Crippen LogP contribution in [-0.2, 0) is 9.59 Å². The van der Waals surface area contributed by atoms with Crippen molar-refractivity contribution in [1.29, 1.82) is 10.5 Å². The lowest BCUT2D eigenvalue weighted by Gasteiger charge is -2.47. The molecule has 6 nitrogen and oxygen atoms in total. The second-order valence-corrected chi connectivity index (χ2v) is 6.24. The normalized spacial score (nSPS) is 35.7. The molecule has 2 N–H and O–H groups in total. The molecule has 6 heteroatoms. The number of carbonyl (C=O) groups is 2. The van der Waals surface area contributed by atoms with Crippen LogP contribution in [0.3, 0.4) is 0 Å². The molecule has 2 unspecified atom stereocenters. The van der Waals surface area contributed by atoms with E-state index in [-0.39, 0.29) is 5.76 Å². The van der Waals surface area contributed by atoms with E-state index in [9.17, 15) is 25.2 Å². The Morgan fingerprint density at radius 2 is 1.75 bits per heavy atom. The Bertz CT molecular complexity index is 560. The molecule has 1 heterocycles. The number of amides is 2. The number of carbonyl (C=O) groups excluding carboxylic acids is 2. The fraction of sp³-hybridized carbons (Fsp3) is 0.571. The number of nitrogens with one attached hydrogen (secondary N) is 1. The molecule has 104 valence electrons. The molecule has 0 saturated carbocycles. The van der Waals surface area contributed by atoms with Crippen molar-refractivity contribution >= 4 is 11.8 Å². The Balaban J connectivity index is 2.66. The van der Waals surface area contributed by atoms with Gasteiger partial charge in [0.2, 0.25) is 11.8 Å². The molecule has 2 rings (SSSR count). The van der Waals surface area contributed by atoms with Crippen LogP contribution in [0, 0.1) is 45.3 Å². The van der Waals surface area contributed by atoms with E-state index in [0.717, 1.165) is 0 Å². The van der Waals surface area contributed by atoms with Crippen LogP contribution in [0.1, 0.15) is 26.7 Å². The Labute approximate surface area is 116 Å². The average molecular weight is 273 g/mol. The van der Waals surface area contributed by atoms with Crippen molar-refractivity contribution in [2.45, 2.75) is 26.7 Å². The first kappa shape index (κ1) is 14.1.